The maximum Gasteiger partial charge on any atom is 0.299 e. The maximum absolute atomic E-state index is 13.0. The zero-order valence-corrected chi connectivity index (χ0v) is 16.0. The number of nitrogens with one attached hydrogen (secondary N) is 1. The molecule has 2 heterocycles. The van der Waals surface area contributed by atoms with Gasteiger partial charge in [0.05, 0.1) is 11.0 Å². The van der Waals surface area contributed by atoms with Gasteiger partial charge in [0.1, 0.15) is 0 Å². The molecule has 6 heteroatoms. The number of hydrogen-bond acceptors (Lipinski definition) is 4. The van der Waals surface area contributed by atoms with Crippen molar-refractivity contribution in [1.29, 1.82) is 0 Å². The predicted octanol–water partition coefficient (Wildman–Crippen LogP) is 4.10. The van der Waals surface area contributed by atoms with Crippen molar-refractivity contribution in [1.82, 2.24) is 5.43 Å². The van der Waals surface area contributed by atoms with Crippen LogP contribution in [0.5, 0.6) is 0 Å². The fourth-order valence-corrected chi connectivity index (χ4v) is 5.01. The summed E-state index contributed by atoms with van der Waals surface area (Å²) in [5.74, 6) is 0.508. The van der Waals surface area contributed by atoms with Gasteiger partial charge in [-0.2, -0.15) is 5.10 Å². The number of rotatable bonds is 2. The summed E-state index contributed by atoms with van der Waals surface area (Å²) in [7, 11) is 0. The first-order valence-electron chi connectivity index (χ1n) is 9.62. The zero-order valence-electron chi connectivity index (χ0n) is 15.2. The minimum absolute atomic E-state index is 0.0327. The summed E-state index contributed by atoms with van der Waals surface area (Å²) < 4.78 is 0. The van der Waals surface area contributed by atoms with Crippen LogP contribution >= 0.6 is 11.8 Å². The minimum Gasteiger partial charge on any atom is -0.312 e. The summed E-state index contributed by atoms with van der Waals surface area (Å²) in [5.41, 5.74) is 6.78. The van der Waals surface area contributed by atoms with E-state index in [9.17, 15) is 9.59 Å². The third-order valence-corrected chi connectivity index (χ3v) is 6.53. The SMILES string of the molecule is CC1SC(=O)NN=C1c1ccc2c(c1)CCCN2C(=O)C1CCCCC1. The second-order valence-corrected chi connectivity index (χ2v) is 8.74. The van der Waals surface area contributed by atoms with Crippen LogP contribution in [-0.2, 0) is 11.2 Å². The summed E-state index contributed by atoms with van der Waals surface area (Å²) in [6, 6.07) is 6.27. The lowest BCUT2D eigenvalue weighted by Gasteiger charge is -2.34. The van der Waals surface area contributed by atoms with Crippen LogP contribution in [0.15, 0.2) is 23.3 Å². The van der Waals surface area contributed by atoms with E-state index in [1.165, 1.54) is 36.6 Å². The zero-order chi connectivity index (χ0) is 18.1. The van der Waals surface area contributed by atoms with Crippen LogP contribution < -0.4 is 10.3 Å². The first kappa shape index (κ1) is 17.6. The molecular weight excluding hydrogens is 346 g/mol. The van der Waals surface area contributed by atoms with Crippen LogP contribution in [0.2, 0.25) is 0 Å². The second kappa shape index (κ2) is 7.43. The van der Waals surface area contributed by atoms with Gasteiger partial charge in [-0.25, -0.2) is 5.43 Å². The van der Waals surface area contributed by atoms with Crippen molar-refractivity contribution in [3.63, 3.8) is 0 Å². The van der Waals surface area contributed by atoms with E-state index in [-0.39, 0.29) is 16.4 Å². The van der Waals surface area contributed by atoms with Gasteiger partial charge >= 0.3 is 0 Å². The van der Waals surface area contributed by atoms with Gasteiger partial charge in [0, 0.05) is 18.2 Å². The Morgan fingerprint density at radius 2 is 2.04 bits per heavy atom. The van der Waals surface area contributed by atoms with Crippen molar-refractivity contribution in [2.75, 3.05) is 11.4 Å². The fourth-order valence-electron chi connectivity index (χ4n) is 4.29. The van der Waals surface area contributed by atoms with Gasteiger partial charge in [-0.05, 0) is 55.9 Å². The van der Waals surface area contributed by atoms with Crippen LogP contribution in [-0.4, -0.2) is 28.7 Å². The number of carbonyl (C=O) groups is 2. The third kappa shape index (κ3) is 3.39. The largest absolute Gasteiger partial charge is 0.312 e. The Balaban J connectivity index is 1.60. The Labute approximate surface area is 158 Å². The van der Waals surface area contributed by atoms with Crippen molar-refractivity contribution < 1.29 is 9.59 Å². The minimum atomic E-state index is -0.108. The fraction of sp³-hybridized carbons (Fsp3) is 0.550. The van der Waals surface area contributed by atoms with Gasteiger partial charge < -0.3 is 4.90 Å². The standard InChI is InChI=1S/C20H25N3O2S/c1-13-18(21-22-20(25)26-13)16-9-10-17-15(12-16)8-5-11-23(17)19(24)14-6-3-2-4-7-14/h9-10,12-14H,2-8,11H2,1H3,(H,22,25). The Morgan fingerprint density at radius 1 is 1.23 bits per heavy atom. The number of fused-ring (bicyclic) bond motifs is 1. The lowest BCUT2D eigenvalue weighted by atomic mass is 9.87. The van der Waals surface area contributed by atoms with Gasteiger partial charge in [-0.3, -0.25) is 9.59 Å². The van der Waals surface area contributed by atoms with Gasteiger partial charge in [-0.15, -0.1) is 0 Å². The van der Waals surface area contributed by atoms with E-state index in [1.54, 1.807) is 0 Å². The number of hydrogen-bond donors (Lipinski definition) is 1. The molecule has 1 aromatic carbocycles. The van der Waals surface area contributed by atoms with Gasteiger partial charge in [-0.1, -0.05) is 37.1 Å². The molecule has 1 aromatic rings. The number of thioether (sulfide) groups is 1. The average molecular weight is 372 g/mol. The molecule has 26 heavy (non-hydrogen) atoms. The number of carbonyl (C=O) groups excluding carboxylic acids is 2. The molecule has 1 aliphatic carbocycles. The van der Waals surface area contributed by atoms with Crippen LogP contribution in [0.4, 0.5) is 10.5 Å². The molecule has 2 amide bonds. The van der Waals surface area contributed by atoms with Crippen LogP contribution in [0.1, 0.15) is 56.6 Å². The van der Waals surface area contributed by atoms with Crippen molar-refractivity contribution in [2.45, 2.75) is 57.1 Å². The van der Waals surface area contributed by atoms with E-state index < -0.39 is 0 Å². The van der Waals surface area contributed by atoms with E-state index in [0.717, 1.165) is 49.2 Å². The quantitative estimate of drug-likeness (QED) is 0.851. The summed E-state index contributed by atoms with van der Waals surface area (Å²) >= 11 is 1.26. The van der Waals surface area contributed by atoms with Crippen molar-refractivity contribution in [3.05, 3.63) is 29.3 Å². The molecule has 0 radical (unpaired) electrons. The highest BCUT2D eigenvalue weighted by molar-refractivity contribution is 8.14. The van der Waals surface area contributed by atoms with E-state index >= 15 is 0 Å². The van der Waals surface area contributed by atoms with Crippen molar-refractivity contribution in [2.24, 2.45) is 11.0 Å². The normalized spacial score (nSPS) is 23.9. The molecule has 0 bridgehead atoms. The lowest BCUT2D eigenvalue weighted by Crippen LogP contribution is -2.40. The molecule has 2 aliphatic heterocycles. The summed E-state index contributed by atoms with van der Waals surface area (Å²) in [5, 5.41) is 4.18. The molecule has 0 spiro atoms. The van der Waals surface area contributed by atoms with Crippen LogP contribution in [0.25, 0.3) is 0 Å². The molecule has 1 unspecified atom stereocenters. The van der Waals surface area contributed by atoms with E-state index in [0.29, 0.717) is 5.91 Å². The number of hydrazone groups is 1. The molecule has 1 saturated carbocycles. The van der Waals surface area contributed by atoms with Gasteiger partial charge in [0.25, 0.3) is 5.24 Å². The predicted molar refractivity (Wildman–Crippen MR) is 106 cm³/mol. The molecule has 4 rings (SSSR count). The number of benzene rings is 1. The Bertz CT molecular complexity index is 755. The van der Waals surface area contributed by atoms with Crippen LogP contribution in [0, 0.1) is 5.92 Å². The molecule has 0 saturated heterocycles. The average Bonchev–Trinajstić information content (AvgIpc) is 2.67. The first-order chi connectivity index (χ1) is 12.6. The molecular formula is C20H25N3O2S. The molecule has 138 valence electrons. The molecule has 5 nitrogen and oxygen atoms in total. The smallest absolute Gasteiger partial charge is 0.299 e. The second-order valence-electron chi connectivity index (χ2n) is 7.43. The number of nitrogens with zero attached hydrogens (tertiary/aromatic N) is 2. The van der Waals surface area contributed by atoms with Gasteiger partial charge in [0.2, 0.25) is 5.91 Å². The Kier molecular flexibility index (Phi) is 5.02. The number of anilines is 1. The Hall–Kier alpha value is -1.82. The molecule has 1 fully saturated rings. The Morgan fingerprint density at radius 3 is 2.81 bits per heavy atom. The van der Waals surface area contributed by atoms with Crippen molar-refractivity contribution >= 4 is 34.3 Å². The summed E-state index contributed by atoms with van der Waals surface area (Å²) in [4.78, 5) is 26.5. The lowest BCUT2D eigenvalue weighted by molar-refractivity contribution is -0.123. The highest BCUT2D eigenvalue weighted by Gasteiger charge is 2.30. The summed E-state index contributed by atoms with van der Waals surface area (Å²) in [6.07, 6.45) is 7.68. The van der Waals surface area contributed by atoms with Crippen LogP contribution in [0.3, 0.4) is 0 Å². The number of amides is 2. The molecule has 3 aliphatic rings. The monoisotopic (exact) mass is 371 g/mol. The summed E-state index contributed by atoms with van der Waals surface area (Å²) in [6.45, 7) is 2.82. The molecule has 1 atom stereocenters. The highest BCUT2D eigenvalue weighted by atomic mass is 32.2. The third-order valence-electron chi connectivity index (χ3n) is 5.65. The van der Waals surface area contributed by atoms with E-state index in [2.05, 4.69) is 22.7 Å². The topological polar surface area (TPSA) is 61.8 Å². The highest BCUT2D eigenvalue weighted by Crippen LogP contribution is 2.33. The molecule has 1 N–H and O–H groups in total. The first-order valence-corrected chi connectivity index (χ1v) is 10.5. The maximum atomic E-state index is 13.0. The van der Waals surface area contributed by atoms with E-state index in [4.69, 9.17) is 0 Å². The molecule has 0 aromatic heterocycles. The van der Waals surface area contributed by atoms with Gasteiger partial charge in [0.15, 0.2) is 0 Å². The van der Waals surface area contributed by atoms with Crippen molar-refractivity contribution in [3.8, 4) is 0 Å². The van der Waals surface area contributed by atoms with E-state index in [1.807, 2.05) is 17.9 Å². The number of aryl methyl sites for hydroxylation is 1.